The number of likely N-dealkylation sites (tertiary alicyclic amines) is 1. The first-order valence-corrected chi connectivity index (χ1v) is 10.7. The number of allylic oxidation sites excluding steroid dienone is 1. The molecule has 1 fully saturated rings. The van der Waals surface area contributed by atoms with Gasteiger partial charge in [0.2, 0.25) is 0 Å². The molecule has 0 unspecified atom stereocenters. The van der Waals surface area contributed by atoms with E-state index in [1.807, 2.05) is 24.3 Å². The smallest absolute Gasteiger partial charge is 0.251 e. The number of carbonyl (C=O) groups is 1. The summed E-state index contributed by atoms with van der Waals surface area (Å²) < 4.78 is 10.9. The largest absolute Gasteiger partial charge is 0.493 e. The van der Waals surface area contributed by atoms with Crippen LogP contribution in [0.5, 0.6) is 11.5 Å². The van der Waals surface area contributed by atoms with E-state index in [0.717, 1.165) is 37.1 Å². The molecule has 0 aromatic heterocycles. The van der Waals surface area contributed by atoms with Crippen LogP contribution >= 0.6 is 0 Å². The molecule has 0 saturated carbocycles. The fourth-order valence-corrected chi connectivity index (χ4v) is 4.17. The Morgan fingerprint density at radius 3 is 2.68 bits per heavy atom. The van der Waals surface area contributed by atoms with Crippen molar-refractivity contribution in [2.45, 2.75) is 38.4 Å². The number of nitrogens with one attached hydrogen (secondary N) is 1. The highest BCUT2D eigenvalue weighted by molar-refractivity contribution is 5.95. The van der Waals surface area contributed by atoms with Crippen molar-refractivity contribution in [2.24, 2.45) is 0 Å². The summed E-state index contributed by atoms with van der Waals surface area (Å²) in [4.78, 5) is 15.2. The van der Waals surface area contributed by atoms with Gasteiger partial charge in [-0.3, -0.25) is 9.69 Å². The number of aliphatic hydroxyl groups excluding tert-OH is 1. The Labute approximate surface area is 184 Å². The monoisotopic (exact) mass is 424 g/mol. The first-order chi connectivity index (χ1) is 15.1. The molecule has 2 N–H and O–H groups in total. The second-order valence-corrected chi connectivity index (χ2v) is 7.76. The van der Waals surface area contributed by atoms with Crippen LogP contribution in [0.1, 0.15) is 39.9 Å². The Morgan fingerprint density at radius 1 is 1.23 bits per heavy atom. The summed E-state index contributed by atoms with van der Waals surface area (Å²) in [5.41, 5.74) is 3.62. The highest BCUT2D eigenvalue weighted by atomic mass is 16.5. The van der Waals surface area contributed by atoms with Gasteiger partial charge in [0.1, 0.15) is 0 Å². The molecule has 2 aromatic carbocycles. The SMILES string of the molecule is C=CCc1cc(C(=O)NCc2ccccc2CN2CCC[C@@H]2CO)cc(OC)c1OC. The summed E-state index contributed by atoms with van der Waals surface area (Å²) >= 11 is 0. The molecular weight excluding hydrogens is 392 g/mol. The molecule has 2 aromatic rings. The molecule has 1 saturated heterocycles. The third kappa shape index (κ3) is 5.46. The van der Waals surface area contributed by atoms with Crippen molar-refractivity contribution in [1.29, 1.82) is 0 Å². The highest BCUT2D eigenvalue weighted by Gasteiger charge is 2.24. The maximum absolute atomic E-state index is 12.9. The van der Waals surface area contributed by atoms with Gasteiger partial charge in [0, 0.05) is 30.3 Å². The van der Waals surface area contributed by atoms with E-state index in [1.165, 1.54) is 5.56 Å². The number of amides is 1. The molecule has 1 aliphatic heterocycles. The van der Waals surface area contributed by atoms with E-state index in [1.54, 1.807) is 26.4 Å². The number of methoxy groups -OCH3 is 2. The molecule has 0 bridgehead atoms. The van der Waals surface area contributed by atoms with Gasteiger partial charge in [-0.1, -0.05) is 30.3 Å². The standard InChI is InChI=1S/C25H32N2O4/c1-4-8-18-13-21(14-23(30-2)24(18)31-3)25(29)26-15-19-9-5-6-10-20(19)16-27-12-7-11-22(27)17-28/h4-6,9-10,13-14,22,28H,1,7-8,11-12,15-17H2,2-3H3,(H,26,29)/t22-/m1/s1. The van der Waals surface area contributed by atoms with E-state index in [9.17, 15) is 9.90 Å². The lowest BCUT2D eigenvalue weighted by Crippen LogP contribution is -2.32. The van der Waals surface area contributed by atoms with Gasteiger partial charge >= 0.3 is 0 Å². The predicted molar refractivity (Wildman–Crippen MR) is 122 cm³/mol. The van der Waals surface area contributed by atoms with Gasteiger partial charge in [0.05, 0.1) is 20.8 Å². The van der Waals surface area contributed by atoms with Crippen molar-refractivity contribution < 1.29 is 19.4 Å². The topological polar surface area (TPSA) is 71.0 Å². The minimum atomic E-state index is -0.171. The molecule has 0 spiro atoms. The van der Waals surface area contributed by atoms with Crippen LogP contribution in [-0.2, 0) is 19.5 Å². The van der Waals surface area contributed by atoms with E-state index in [4.69, 9.17) is 9.47 Å². The zero-order chi connectivity index (χ0) is 22.2. The van der Waals surface area contributed by atoms with Crippen molar-refractivity contribution >= 4 is 5.91 Å². The number of nitrogens with zero attached hydrogens (tertiary/aromatic N) is 1. The van der Waals surface area contributed by atoms with Crippen molar-refractivity contribution in [3.63, 3.8) is 0 Å². The van der Waals surface area contributed by atoms with E-state index in [-0.39, 0.29) is 18.6 Å². The third-order valence-corrected chi connectivity index (χ3v) is 5.82. The van der Waals surface area contributed by atoms with Gasteiger partial charge in [0.15, 0.2) is 11.5 Å². The molecular formula is C25H32N2O4. The van der Waals surface area contributed by atoms with Crippen LogP contribution < -0.4 is 14.8 Å². The number of aliphatic hydroxyl groups is 1. The van der Waals surface area contributed by atoms with Gasteiger partial charge in [-0.15, -0.1) is 6.58 Å². The van der Waals surface area contributed by atoms with Gasteiger partial charge in [-0.05, 0) is 49.1 Å². The van der Waals surface area contributed by atoms with Crippen LogP contribution in [0.3, 0.4) is 0 Å². The van der Waals surface area contributed by atoms with Crippen molar-refractivity contribution in [3.05, 3.63) is 71.3 Å². The molecule has 1 amide bonds. The van der Waals surface area contributed by atoms with Crippen LogP contribution in [0, 0.1) is 0 Å². The lowest BCUT2D eigenvalue weighted by atomic mass is 10.0. The number of hydrogen-bond donors (Lipinski definition) is 2. The summed E-state index contributed by atoms with van der Waals surface area (Å²) in [5.74, 6) is 0.973. The normalized spacial score (nSPS) is 16.2. The minimum Gasteiger partial charge on any atom is -0.493 e. The molecule has 1 aliphatic rings. The molecule has 6 heteroatoms. The number of hydrogen-bond acceptors (Lipinski definition) is 5. The van der Waals surface area contributed by atoms with E-state index in [2.05, 4.69) is 22.9 Å². The number of benzene rings is 2. The van der Waals surface area contributed by atoms with Crippen molar-refractivity contribution in [3.8, 4) is 11.5 Å². The number of carbonyl (C=O) groups excluding carboxylic acids is 1. The van der Waals surface area contributed by atoms with Gasteiger partial charge in [0.25, 0.3) is 5.91 Å². The van der Waals surface area contributed by atoms with Gasteiger partial charge in [-0.2, -0.15) is 0 Å². The molecule has 31 heavy (non-hydrogen) atoms. The van der Waals surface area contributed by atoms with Crippen LogP contribution in [0.15, 0.2) is 49.1 Å². The maximum atomic E-state index is 12.9. The minimum absolute atomic E-state index is 0.171. The summed E-state index contributed by atoms with van der Waals surface area (Å²) in [5, 5.41) is 12.6. The fourth-order valence-electron chi connectivity index (χ4n) is 4.17. The summed E-state index contributed by atoms with van der Waals surface area (Å²) in [6, 6.07) is 11.9. The molecule has 166 valence electrons. The Kier molecular flexibility index (Phi) is 8.09. The first-order valence-electron chi connectivity index (χ1n) is 10.7. The molecule has 1 heterocycles. The van der Waals surface area contributed by atoms with Crippen molar-refractivity contribution in [1.82, 2.24) is 10.2 Å². The third-order valence-electron chi connectivity index (χ3n) is 5.82. The molecule has 6 nitrogen and oxygen atoms in total. The van der Waals surface area contributed by atoms with Crippen LogP contribution in [0.4, 0.5) is 0 Å². The van der Waals surface area contributed by atoms with Gasteiger partial charge in [-0.25, -0.2) is 0 Å². The second-order valence-electron chi connectivity index (χ2n) is 7.76. The van der Waals surface area contributed by atoms with Crippen molar-refractivity contribution in [2.75, 3.05) is 27.4 Å². The zero-order valence-electron chi connectivity index (χ0n) is 18.4. The average molecular weight is 425 g/mol. The quantitative estimate of drug-likeness (QED) is 0.573. The Morgan fingerprint density at radius 2 is 2.00 bits per heavy atom. The lowest BCUT2D eigenvalue weighted by Gasteiger charge is -2.24. The highest BCUT2D eigenvalue weighted by Crippen LogP contribution is 2.33. The Bertz CT molecular complexity index is 912. The Hall–Kier alpha value is -2.83. The van der Waals surface area contributed by atoms with E-state index in [0.29, 0.717) is 30.0 Å². The summed E-state index contributed by atoms with van der Waals surface area (Å²) in [6.07, 6.45) is 4.48. The van der Waals surface area contributed by atoms with Gasteiger partial charge < -0.3 is 19.9 Å². The van der Waals surface area contributed by atoms with E-state index < -0.39 is 0 Å². The summed E-state index contributed by atoms with van der Waals surface area (Å²) in [6.45, 7) is 6.16. The Balaban J connectivity index is 1.74. The van der Waals surface area contributed by atoms with Crippen LogP contribution in [0.2, 0.25) is 0 Å². The lowest BCUT2D eigenvalue weighted by molar-refractivity contribution is 0.0950. The van der Waals surface area contributed by atoms with E-state index >= 15 is 0 Å². The number of rotatable bonds is 10. The average Bonchev–Trinajstić information content (AvgIpc) is 3.25. The van der Waals surface area contributed by atoms with Crippen LogP contribution in [-0.4, -0.2) is 49.3 Å². The maximum Gasteiger partial charge on any atom is 0.251 e. The first kappa shape index (κ1) is 22.8. The molecule has 1 atom stereocenters. The molecule has 0 radical (unpaired) electrons. The summed E-state index contributed by atoms with van der Waals surface area (Å²) in [7, 11) is 3.15. The van der Waals surface area contributed by atoms with Crippen LogP contribution in [0.25, 0.3) is 0 Å². The second kappa shape index (κ2) is 11.0. The number of ether oxygens (including phenoxy) is 2. The fraction of sp³-hybridized carbons (Fsp3) is 0.400. The predicted octanol–water partition coefficient (Wildman–Crippen LogP) is 3.32. The zero-order valence-corrected chi connectivity index (χ0v) is 18.4. The molecule has 0 aliphatic carbocycles. The molecule has 3 rings (SSSR count).